The maximum atomic E-state index is 10.9. The summed E-state index contributed by atoms with van der Waals surface area (Å²) in [5.41, 5.74) is 0.513. The Bertz CT molecular complexity index is 420. The van der Waals surface area contributed by atoms with E-state index in [9.17, 15) is 4.79 Å². The monoisotopic (exact) mass is 237 g/mol. The van der Waals surface area contributed by atoms with Gasteiger partial charge >= 0.3 is 5.97 Å². The molecule has 0 fully saturated rings. The Morgan fingerprint density at radius 1 is 1.59 bits per heavy atom. The molecule has 0 spiro atoms. The predicted molar refractivity (Wildman–Crippen MR) is 63.2 cm³/mol. The fourth-order valence-corrected chi connectivity index (χ4v) is 1.35. The van der Waals surface area contributed by atoms with Crippen LogP contribution in [-0.4, -0.2) is 45.8 Å². The molecule has 0 saturated heterocycles. The van der Waals surface area contributed by atoms with Crippen molar-refractivity contribution in [2.24, 2.45) is 0 Å². The molecule has 92 valence electrons. The molecule has 2 N–H and O–H groups in total. The summed E-state index contributed by atoms with van der Waals surface area (Å²) in [4.78, 5) is 20.6. The van der Waals surface area contributed by atoms with Crippen LogP contribution in [0.25, 0.3) is 0 Å². The van der Waals surface area contributed by atoms with Crippen molar-refractivity contribution < 1.29 is 15.0 Å². The molecule has 0 atom stereocenters. The third-order valence-corrected chi connectivity index (χ3v) is 2.06. The van der Waals surface area contributed by atoms with Gasteiger partial charge in [0.15, 0.2) is 5.69 Å². The van der Waals surface area contributed by atoms with Crippen LogP contribution in [-0.2, 0) is 0 Å². The van der Waals surface area contributed by atoms with Gasteiger partial charge in [0.05, 0.1) is 6.61 Å². The lowest BCUT2D eigenvalue weighted by atomic mass is 10.3. The number of hydrogen-bond donors (Lipinski definition) is 2. The maximum Gasteiger partial charge on any atom is 0.354 e. The van der Waals surface area contributed by atoms with Crippen LogP contribution in [0.15, 0.2) is 18.7 Å². The largest absolute Gasteiger partial charge is 0.477 e. The lowest BCUT2D eigenvalue weighted by Gasteiger charge is -2.20. The van der Waals surface area contributed by atoms with Crippen LogP contribution in [0.4, 0.5) is 5.95 Å². The van der Waals surface area contributed by atoms with Gasteiger partial charge in [0.25, 0.3) is 0 Å². The van der Waals surface area contributed by atoms with E-state index in [1.165, 1.54) is 6.07 Å². The number of nitrogens with zero attached hydrogens (tertiary/aromatic N) is 3. The SMILES string of the molecule is C=CCN(CCO)c1nc(C)cc(C(=O)O)n1. The Hall–Kier alpha value is -1.95. The molecule has 0 aromatic carbocycles. The molecule has 1 heterocycles. The summed E-state index contributed by atoms with van der Waals surface area (Å²) in [6, 6.07) is 1.40. The summed E-state index contributed by atoms with van der Waals surface area (Å²) in [5, 5.41) is 17.8. The third kappa shape index (κ3) is 3.53. The molecule has 0 amide bonds. The van der Waals surface area contributed by atoms with Gasteiger partial charge in [-0.2, -0.15) is 0 Å². The summed E-state index contributed by atoms with van der Waals surface area (Å²) in [6.07, 6.45) is 1.64. The van der Waals surface area contributed by atoms with E-state index in [0.717, 1.165) is 0 Å². The lowest BCUT2D eigenvalue weighted by Crippen LogP contribution is -2.29. The molecule has 1 rings (SSSR count). The van der Waals surface area contributed by atoms with Gasteiger partial charge < -0.3 is 15.1 Å². The summed E-state index contributed by atoms with van der Waals surface area (Å²) < 4.78 is 0. The Labute approximate surface area is 99.2 Å². The molecule has 0 radical (unpaired) electrons. The molecule has 0 aliphatic carbocycles. The highest BCUT2D eigenvalue weighted by molar-refractivity contribution is 5.85. The van der Waals surface area contributed by atoms with Crippen molar-refractivity contribution in [2.75, 3.05) is 24.6 Å². The summed E-state index contributed by atoms with van der Waals surface area (Å²) in [5.74, 6) is -0.810. The Morgan fingerprint density at radius 3 is 2.82 bits per heavy atom. The minimum absolute atomic E-state index is 0.0560. The second-order valence-corrected chi connectivity index (χ2v) is 3.46. The highest BCUT2D eigenvalue weighted by Gasteiger charge is 2.13. The topological polar surface area (TPSA) is 86.5 Å². The Kier molecular flexibility index (Phi) is 4.59. The molecule has 0 unspecified atom stereocenters. The molecule has 6 heteroatoms. The molecule has 17 heavy (non-hydrogen) atoms. The van der Waals surface area contributed by atoms with Gasteiger partial charge in [0, 0.05) is 18.8 Å². The van der Waals surface area contributed by atoms with E-state index < -0.39 is 5.97 Å². The number of aliphatic hydroxyl groups excluding tert-OH is 1. The van der Waals surface area contributed by atoms with E-state index >= 15 is 0 Å². The molecule has 0 saturated carbocycles. The zero-order valence-electron chi connectivity index (χ0n) is 9.63. The molecule has 1 aromatic rings. The van der Waals surface area contributed by atoms with Crippen LogP contribution in [0.3, 0.4) is 0 Å². The van der Waals surface area contributed by atoms with Gasteiger partial charge in [-0.15, -0.1) is 6.58 Å². The van der Waals surface area contributed by atoms with Crippen molar-refractivity contribution in [3.63, 3.8) is 0 Å². The number of aromatic carboxylic acids is 1. The zero-order chi connectivity index (χ0) is 12.8. The first kappa shape index (κ1) is 13.1. The summed E-state index contributed by atoms with van der Waals surface area (Å²) >= 11 is 0. The van der Waals surface area contributed by atoms with Crippen LogP contribution in [0.2, 0.25) is 0 Å². The Morgan fingerprint density at radius 2 is 2.29 bits per heavy atom. The van der Waals surface area contributed by atoms with Crippen LogP contribution >= 0.6 is 0 Å². The van der Waals surface area contributed by atoms with Gasteiger partial charge in [0.2, 0.25) is 5.95 Å². The second kappa shape index (κ2) is 5.95. The van der Waals surface area contributed by atoms with Gasteiger partial charge in [-0.05, 0) is 13.0 Å². The van der Waals surface area contributed by atoms with Crippen molar-refractivity contribution in [3.05, 3.63) is 30.1 Å². The third-order valence-electron chi connectivity index (χ3n) is 2.06. The second-order valence-electron chi connectivity index (χ2n) is 3.46. The minimum atomic E-state index is -1.10. The number of carboxylic acid groups (broad SMARTS) is 1. The Balaban J connectivity index is 3.08. The van der Waals surface area contributed by atoms with Gasteiger partial charge in [-0.3, -0.25) is 0 Å². The van der Waals surface area contributed by atoms with Crippen molar-refractivity contribution in [1.29, 1.82) is 0 Å². The standard InChI is InChI=1S/C11H15N3O3/c1-3-4-14(5-6-15)11-12-8(2)7-9(13-11)10(16)17/h3,7,15H,1,4-6H2,2H3,(H,16,17). The number of aliphatic hydroxyl groups is 1. The van der Waals surface area contributed by atoms with Gasteiger partial charge in [0.1, 0.15) is 0 Å². The van der Waals surface area contributed by atoms with Crippen molar-refractivity contribution >= 4 is 11.9 Å². The molecule has 1 aromatic heterocycles. The molecular formula is C11H15N3O3. The number of anilines is 1. The number of carboxylic acids is 1. The van der Waals surface area contributed by atoms with Crippen LogP contribution < -0.4 is 4.90 Å². The lowest BCUT2D eigenvalue weighted by molar-refractivity contribution is 0.0690. The van der Waals surface area contributed by atoms with E-state index in [4.69, 9.17) is 10.2 Å². The number of carbonyl (C=O) groups is 1. The number of aromatic nitrogens is 2. The molecular weight excluding hydrogens is 222 g/mol. The molecule has 0 aliphatic heterocycles. The van der Waals surface area contributed by atoms with Crippen LogP contribution in [0.5, 0.6) is 0 Å². The zero-order valence-corrected chi connectivity index (χ0v) is 9.63. The number of hydrogen-bond acceptors (Lipinski definition) is 5. The van der Waals surface area contributed by atoms with E-state index in [1.807, 2.05) is 0 Å². The van der Waals surface area contributed by atoms with E-state index in [0.29, 0.717) is 18.8 Å². The van der Waals surface area contributed by atoms with Crippen molar-refractivity contribution in [2.45, 2.75) is 6.92 Å². The summed E-state index contributed by atoms with van der Waals surface area (Å²) in [7, 11) is 0. The molecule has 6 nitrogen and oxygen atoms in total. The number of rotatable bonds is 6. The fourth-order valence-electron chi connectivity index (χ4n) is 1.35. The minimum Gasteiger partial charge on any atom is -0.477 e. The highest BCUT2D eigenvalue weighted by Crippen LogP contribution is 2.10. The normalized spacial score (nSPS) is 10.0. The van der Waals surface area contributed by atoms with E-state index in [1.54, 1.807) is 17.9 Å². The first-order valence-electron chi connectivity index (χ1n) is 5.14. The summed E-state index contributed by atoms with van der Waals surface area (Å²) in [6.45, 7) is 6.00. The first-order chi connectivity index (χ1) is 8.08. The van der Waals surface area contributed by atoms with Crippen molar-refractivity contribution in [1.82, 2.24) is 9.97 Å². The molecule has 0 bridgehead atoms. The highest BCUT2D eigenvalue weighted by atomic mass is 16.4. The average Bonchev–Trinajstić information content (AvgIpc) is 2.28. The van der Waals surface area contributed by atoms with Crippen LogP contribution in [0.1, 0.15) is 16.2 Å². The molecule has 0 aliphatic rings. The van der Waals surface area contributed by atoms with E-state index in [-0.39, 0.29) is 18.2 Å². The van der Waals surface area contributed by atoms with Gasteiger partial charge in [-0.1, -0.05) is 6.08 Å². The van der Waals surface area contributed by atoms with Crippen molar-refractivity contribution in [3.8, 4) is 0 Å². The first-order valence-corrected chi connectivity index (χ1v) is 5.14. The van der Waals surface area contributed by atoms with E-state index in [2.05, 4.69) is 16.5 Å². The quantitative estimate of drug-likeness (QED) is 0.699. The maximum absolute atomic E-state index is 10.9. The van der Waals surface area contributed by atoms with Gasteiger partial charge in [-0.25, -0.2) is 14.8 Å². The number of aryl methyl sites for hydroxylation is 1. The predicted octanol–water partition coefficient (Wildman–Crippen LogP) is 0.468. The van der Waals surface area contributed by atoms with Crippen LogP contribution in [0, 0.1) is 6.92 Å². The average molecular weight is 237 g/mol. The fraction of sp³-hybridized carbons (Fsp3) is 0.364. The smallest absolute Gasteiger partial charge is 0.354 e.